The van der Waals surface area contributed by atoms with Gasteiger partial charge in [0.2, 0.25) is 0 Å². The largest absolute Gasteiger partial charge is 0.300 e. The topological polar surface area (TPSA) is 59.8 Å². The van der Waals surface area contributed by atoms with E-state index in [2.05, 4.69) is 15.4 Å². The van der Waals surface area contributed by atoms with Crippen LogP contribution in [0.15, 0.2) is 72.4 Å². The van der Waals surface area contributed by atoms with Crippen molar-refractivity contribution in [2.75, 3.05) is 5.32 Å². The first-order chi connectivity index (χ1) is 11.8. The maximum Gasteiger partial charge on any atom is 0.255 e. The highest BCUT2D eigenvalue weighted by Crippen LogP contribution is 2.23. The molecule has 1 amide bonds. The highest BCUT2D eigenvalue weighted by atomic mass is 32.1. The first-order valence-electron chi connectivity index (χ1n) is 7.50. The number of amides is 1. The van der Waals surface area contributed by atoms with Crippen LogP contribution in [-0.4, -0.2) is 20.7 Å². The predicted molar refractivity (Wildman–Crippen MR) is 95.1 cm³/mol. The highest BCUT2D eigenvalue weighted by Gasteiger charge is 2.24. The van der Waals surface area contributed by atoms with E-state index in [0.29, 0.717) is 5.13 Å². The summed E-state index contributed by atoms with van der Waals surface area (Å²) in [4.78, 5) is 17.0. The molecule has 0 radical (unpaired) electrons. The fourth-order valence-corrected chi connectivity index (χ4v) is 3.17. The summed E-state index contributed by atoms with van der Waals surface area (Å²) in [5, 5.41) is 10.9. The van der Waals surface area contributed by atoms with Crippen molar-refractivity contribution >= 4 is 33.3 Å². The Balaban J connectivity index is 1.76. The van der Waals surface area contributed by atoms with Crippen LogP contribution in [-0.2, 0) is 4.79 Å². The number of fused-ring (bicyclic) bond motifs is 1. The van der Waals surface area contributed by atoms with E-state index in [1.54, 1.807) is 10.9 Å². The third-order valence-electron chi connectivity index (χ3n) is 3.72. The Morgan fingerprint density at radius 3 is 2.62 bits per heavy atom. The minimum atomic E-state index is -0.553. The molecule has 0 spiro atoms. The number of hydrogen-bond donors (Lipinski definition) is 1. The van der Waals surface area contributed by atoms with Gasteiger partial charge in [-0.05, 0) is 11.6 Å². The van der Waals surface area contributed by atoms with E-state index in [0.717, 1.165) is 16.5 Å². The van der Waals surface area contributed by atoms with Gasteiger partial charge in [0.25, 0.3) is 5.91 Å². The van der Waals surface area contributed by atoms with Crippen LogP contribution in [0.1, 0.15) is 11.6 Å². The molecule has 1 atom stereocenters. The van der Waals surface area contributed by atoms with Crippen molar-refractivity contribution in [3.05, 3.63) is 77.9 Å². The number of thiazole rings is 1. The van der Waals surface area contributed by atoms with Crippen molar-refractivity contribution in [3.8, 4) is 0 Å². The molecule has 0 aliphatic carbocycles. The predicted octanol–water partition coefficient (Wildman–Crippen LogP) is 3.72. The van der Waals surface area contributed by atoms with E-state index in [-0.39, 0.29) is 5.91 Å². The summed E-state index contributed by atoms with van der Waals surface area (Å²) in [7, 11) is 0. The van der Waals surface area contributed by atoms with Crippen molar-refractivity contribution in [1.29, 1.82) is 0 Å². The lowest BCUT2D eigenvalue weighted by Crippen LogP contribution is -2.27. The minimum Gasteiger partial charge on any atom is -0.300 e. The number of carbonyl (C=O) groups excluding carboxylic acids is 1. The van der Waals surface area contributed by atoms with Gasteiger partial charge in [-0.25, -0.2) is 4.98 Å². The second-order valence-corrected chi connectivity index (χ2v) is 6.20. The molecule has 0 aliphatic rings. The van der Waals surface area contributed by atoms with Gasteiger partial charge in [0, 0.05) is 23.2 Å². The van der Waals surface area contributed by atoms with E-state index in [1.165, 1.54) is 11.3 Å². The summed E-state index contributed by atoms with van der Waals surface area (Å²) in [6.07, 6.45) is 3.56. The monoisotopic (exact) mass is 334 g/mol. The average Bonchev–Trinajstić information content (AvgIpc) is 3.25. The highest BCUT2D eigenvalue weighted by molar-refractivity contribution is 7.13. The summed E-state index contributed by atoms with van der Waals surface area (Å²) in [5.41, 5.74) is 1.74. The molecule has 2 heterocycles. The van der Waals surface area contributed by atoms with Gasteiger partial charge >= 0.3 is 0 Å². The molecule has 5 nitrogen and oxygen atoms in total. The second-order valence-electron chi connectivity index (χ2n) is 5.31. The first kappa shape index (κ1) is 14.6. The number of benzene rings is 2. The Hall–Kier alpha value is -2.99. The van der Waals surface area contributed by atoms with Crippen molar-refractivity contribution in [2.24, 2.45) is 0 Å². The molecule has 4 rings (SSSR count). The fraction of sp³-hybridized carbons (Fsp3) is 0.0556. The molecular weight excluding hydrogens is 320 g/mol. The van der Waals surface area contributed by atoms with Gasteiger partial charge in [-0.15, -0.1) is 11.3 Å². The van der Waals surface area contributed by atoms with Crippen LogP contribution >= 0.6 is 11.3 Å². The fourth-order valence-electron chi connectivity index (χ4n) is 2.63. The Labute approximate surface area is 142 Å². The average molecular weight is 334 g/mol. The number of rotatable bonds is 4. The van der Waals surface area contributed by atoms with Gasteiger partial charge < -0.3 is 0 Å². The van der Waals surface area contributed by atoms with Gasteiger partial charge in [-0.3, -0.25) is 14.8 Å². The van der Waals surface area contributed by atoms with Gasteiger partial charge in [-0.1, -0.05) is 48.5 Å². The first-order valence-corrected chi connectivity index (χ1v) is 8.38. The molecule has 1 unspecified atom stereocenters. The molecule has 118 valence electrons. The van der Waals surface area contributed by atoms with Crippen molar-refractivity contribution in [3.63, 3.8) is 0 Å². The Morgan fingerprint density at radius 2 is 1.88 bits per heavy atom. The van der Waals surface area contributed by atoms with Crippen LogP contribution < -0.4 is 5.32 Å². The van der Waals surface area contributed by atoms with Crippen LogP contribution in [0, 0.1) is 0 Å². The molecule has 24 heavy (non-hydrogen) atoms. The lowest BCUT2D eigenvalue weighted by atomic mass is 10.1. The third kappa shape index (κ3) is 2.79. The van der Waals surface area contributed by atoms with Crippen molar-refractivity contribution in [1.82, 2.24) is 14.8 Å². The number of aromatic nitrogens is 3. The van der Waals surface area contributed by atoms with Crippen LogP contribution in [0.25, 0.3) is 10.9 Å². The molecular formula is C18H14N4OS. The number of nitrogens with one attached hydrogen (secondary N) is 1. The van der Waals surface area contributed by atoms with Gasteiger partial charge in [0.05, 0.1) is 5.52 Å². The minimum absolute atomic E-state index is 0.163. The molecule has 0 saturated heterocycles. The quantitative estimate of drug-likeness (QED) is 0.619. The molecule has 1 N–H and O–H groups in total. The summed E-state index contributed by atoms with van der Waals surface area (Å²) in [5.74, 6) is -0.163. The Morgan fingerprint density at radius 1 is 1.08 bits per heavy atom. The van der Waals surface area contributed by atoms with Gasteiger partial charge in [0.15, 0.2) is 11.2 Å². The van der Waals surface area contributed by atoms with Crippen LogP contribution in [0.5, 0.6) is 0 Å². The second kappa shape index (κ2) is 6.25. The molecule has 2 aromatic heterocycles. The van der Waals surface area contributed by atoms with Gasteiger partial charge in [-0.2, -0.15) is 5.10 Å². The smallest absolute Gasteiger partial charge is 0.255 e. The number of anilines is 1. The standard InChI is InChI=1S/C18H14N4OS/c23-17(20-18-19-10-11-24-18)16(13-6-2-1-3-7-13)22-12-14-8-4-5-9-15(14)21-22/h1-12,16H,(H,19,20,23). The summed E-state index contributed by atoms with van der Waals surface area (Å²) in [6, 6.07) is 16.9. The van der Waals surface area contributed by atoms with Crippen LogP contribution in [0.3, 0.4) is 0 Å². The van der Waals surface area contributed by atoms with Crippen molar-refractivity contribution < 1.29 is 4.79 Å². The maximum absolute atomic E-state index is 12.9. The maximum atomic E-state index is 12.9. The summed E-state index contributed by atoms with van der Waals surface area (Å²) < 4.78 is 1.71. The Bertz CT molecular complexity index is 930. The molecule has 0 aliphatic heterocycles. The van der Waals surface area contributed by atoms with Crippen molar-refractivity contribution in [2.45, 2.75) is 6.04 Å². The normalized spacial score (nSPS) is 12.2. The molecule has 2 aromatic carbocycles. The van der Waals surface area contributed by atoms with Crippen LogP contribution in [0.4, 0.5) is 5.13 Å². The van der Waals surface area contributed by atoms with Crippen LogP contribution in [0.2, 0.25) is 0 Å². The zero-order valence-electron chi connectivity index (χ0n) is 12.7. The van der Waals surface area contributed by atoms with E-state index < -0.39 is 6.04 Å². The molecule has 0 bridgehead atoms. The van der Waals surface area contributed by atoms with E-state index in [1.807, 2.05) is 66.2 Å². The van der Waals surface area contributed by atoms with Gasteiger partial charge in [0.1, 0.15) is 0 Å². The molecule has 0 fully saturated rings. The van der Waals surface area contributed by atoms with E-state index >= 15 is 0 Å². The number of carbonyl (C=O) groups is 1. The molecule has 4 aromatic rings. The molecule has 6 heteroatoms. The summed E-state index contributed by atoms with van der Waals surface area (Å²) >= 11 is 1.39. The lowest BCUT2D eigenvalue weighted by Gasteiger charge is -2.17. The Kier molecular flexibility index (Phi) is 3.80. The molecule has 0 saturated carbocycles. The zero-order valence-corrected chi connectivity index (χ0v) is 13.5. The lowest BCUT2D eigenvalue weighted by molar-refractivity contribution is -0.118. The zero-order chi connectivity index (χ0) is 16.4. The van der Waals surface area contributed by atoms with E-state index in [9.17, 15) is 4.79 Å². The van der Waals surface area contributed by atoms with E-state index in [4.69, 9.17) is 0 Å². The number of nitrogens with zero attached hydrogens (tertiary/aromatic N) is 3. The third-order valence-corrected chi connectivity index (χ3v) is 4.41. The summed E-state index contributed by atoms with van der Waals surface area (Å²) in [6.45, 7) is 0. The SMILES string of the molecule is O=C(Nc1nccs1)C(c1ccccc1)n1cc2ccccc2n1. The number of hydrogen-bond acceptors (Lipinski definition) is 4.